The summed E-state index contributed by atoms with van der Waals surface area (Å²) < 4.78 is 9.96. The summed E-state index contributed by atoms with van der Waals surface area (Å²) in [6, 6.07) is 0. The molecular formula is C7H14O2. The molecule has 0 rings (SSSR count). The maximum Gasteiger partial charge on any atom is 0.132 e. The van der Waals surface area contributed by atoms with Gasteiger partial charge in [-0.1, -0.05) is 6.92 Å². The zero-order chi connectivity index (χ0) is 7.28. The Hall–Kier alpha value is -0.660. The first-order chi connectivity index (χ1) is 4.26. The predicted octanol–water partition coefficient (Wildman–Crippen LogP) is 1.92. The molecule has 2 heteroatoms. The van der Waals surface area contributed by atoms with Crippen molar-refractivity contribution in [1.29, 1.82) is 0 Å². The van der Waals surface area contributed by atoms with Gasteiger partial charge in [0.2, 0.25) is 0 Å². The highest BCUT2D eigenvalue weighted by Crippen LogP contribution is 2.08. The topological polar surface area (TPSA) is 18.5 Å². The summed E-state index contributed by atoms with van der Waals surface area (Å²) >= 11 is 0. The lowest BCUT2D eigenvalue weighted by Crippen LogP contribution is -1.91. The molecule has 0 N–H and O–H groups in total. The molecular weight excluding hydrogens is 116 g/mol. The van der Waals surface area contributed by atoms with Crippen LogP contribution in [-0.2, 0) is 9.47 Å². The van der Waals surface area contributed by atoms with Gasteiger partial charge in [-0.05, 0) is 6.92 Å². The third kappa shape index (κ3) is 2.40. The Morgan fingerprint density at radius 3 is 1.89 bits per heavy atom. The number of ether oxygens (including phenoxy) is 2. The molecule has 0 saturated heterocycles. The van der Waals surface area contributed by atoms with E-state index in [0.29, 0.717) is 0 Å². The van der Waals surface area contributed by atoms with Gasteiger partial charge in [0.25, 0.3) is 0 Å². The van der Waals surface area contributed by atoms with Crippen LogP contribution in [0.3, 0.4) is 0 Å². The minimum absolute atomic E-state index is 0.861. The van der Waals surface area contributed by atoms with Crippen molar-refractivity contribution in [1.82, 2.24) is 0 Å². The van der Waals surface area contributed by atoms with Crippen molar-refractivity contribution in [3.8, 4) is 0 Å². The van der Waals surface area contributed by atoms with Crippen LogP contribution in [0, 0.1) is 0 Å². The van der Waals surface area contributed by atoms with E-state index in [1.54, 1.807) is 14.2 Å². The molecule has 0 fully saturated rings. The summed E-state index contributed by atoms with van der Waals surface area (Å²) in [7, 11) is 3.30. The first-order valence-corrected chi connectivity index (χ1v) is 3.04. The Morgan fingerprint density at radius 2 is 1.78 bits per heavy atom. The molecule has 0 amide bonds. The second-order valence-corrected chi connectivity index (χ2v) is 1.74. The summed E-state index contributed by atoms with van der Waals surface area (Å²) in [5.41, 5.74) is 0. The molecule has 0 aromatic carbocycles. The zero-order valence-electron chi connectivity index (χ0n) is 6.52. The van der Waals surface area contributed by atoms with E-state index in [1.165, 1.54) is 0 Å². The quantitative estimate of drug-likeness (QED) is 0.543. The molecule has 2 nitrogen and oxygen atoms in total. The van der Waals surface area contributed by atoms with Crippen LogP contribution in [0.15, 0.2) is 11.5 Å². The van der Waals surface area contributed by atoms with E-state index >= 15 is 0 Å². The van der Waals surface area contributed by atoms with Crippen molar-refractivity contribution >= 4 is 0 Å². The summed E-state index contributed by atoms with van der Waals surface area (Å²) in [4.78, 5) is 0. The van der Waals surface area contributed by atoms with Crippen molar-refractivity contribution in [2.24, 2.45) is 0 Å². The van der Waals surface area contributed by atoms with Crippen LogP contribution in [0.25, 0.3) is 0 Å². The molecule has 0 heterocycles. The van der Waals surface area contributed by atoms with Gasteiger partial charge in [0.15, 0.2) is 0 Å². The molecule has 0 aliphatic rings. The molecule has 0 unspecified atom stereocenters. The third-order valence-corrected chi connectivity index (χ3v) is 1.27. The maximum absolute atomic E-state index is 5.01. The van der Waals surface area contributed by atoms with Gasteiger partial charge in [-0.15, -0.1) is 0 Å². The van der Waals surface area contributed by atoms with Crippen LogP contribution in [0.5, 0.6) is 0 Å². The molecule has 0 aromatic heterocycles. The smallest absolute Gasteiger partial charge is 0.132 e. The predicted molar refractivity (Wildman–Crippen MR) is 37.0 cm³/mol. The van der Waals surface area contributed by atoms with Crippen molar-refractivity contribution in [2.75, 3.05) is 14.2 Å². The second-order valence-electron chi connectivity index (χ2n) is 1.74. The van der Waals surface area contributed by atoms with E-state index in [2.05, 4.69) is 0 Å². The molecule has 9 heavy (non-hydrogen) atoms. The molecule has 0 saturated carbocycles. The van der Waals surface area contributed by atoms with Gasteiger partial charge in [-0.2, -0.15) is 0 Å². The van der Waals surface area contributed by atoms with Crippen LogP contribution in [-0.4, -0.2) is 14.2 Å². The van der Waals surface area contributed by atoms with Crippen molar-refractivity contribution in [3.05, 3.63) is 11.5 Å². The first-order valence-electron chi connectivity index (χ1n) is 3.04. The summed E-state index contributed by atoms with van der Waals surface area (Å²) in [6.07, 6.45) is 0.885. The van der Waals surface area contributed by atoms with E-state index in [9.17, 15) is 0 Å². The molecule has 0 aliphatic heterocycles. The number of rotatable bonds is 3. The lowest BCUT2D eigenvalue weighted by molar-refractivity contribution is 0.215. The Balaban J connectivity index is 4.01. The molecule has 0 atom stereocenters. The highest BCUT2D eigenvalue weighted by atomic mass is 16.5. The molecule has 0 bridgehead atoms. The van der Waals surface area contributed by atoms with Gasteiger partial charge in [0, 0.05) is 6.42 Å². The number of hydrogen-bond acceptors (Lipinski definition) is 2. The van der Waals surface area contributed by atoms with Crippen molar-refractivity contribution < 1.29 is 9.47 Å². The van der Waals surface area contributed by atoms with Crippen molar-refractivity contribution in [2.45, 2.75) is 20.3 Å². The Bertz CT molecular complexity index is 99.5. The molecule has 0 aliphatic carbocycles. The fourth-order valence-electron chi connectivity index (χ4n) is 0.651. The van der Waals surface area contributed by atoms with Crippen LogP contribution in [0.4, 0.5) is 0 Å². The SMILES string of the molecule is CC/C(OC)=C(\C)OC. The Kier molecular flexibility index (Phi) is 3.93. The average Bonchev–Trinajstić information content (AvgIpc) is 1.90. The van der Waals surface area contributed by atoms with Crippen LogP contribution < -0.4 is 0 Å². The molecule has 54 valence electrons. The minimum atomic E-state index is 0.861. The maximum atomic E-state index is 5.01. The number of methoxy groups -OCH3 is 2. The number of hydrogen-bond donors (Lipinski definition) is 0. The van der Waals surface area contributed by atoms with Gasteiger partial charge in [0.1, 0.15) is 11.5 Å². The van der Waals surface area contributed by atoms with Crippen LogP contribution >= 0.6 is 0 Å². The molecule has 0 aromatic rings. The summed E-state index contributed by atoms with van der Waals surface area (Å²) in [5, 5.41) is 0. The van der Waals surface area contributed by atoms with Gasteiger partial charge in [-0.25, -0.2) is 0 Å². The van der Waals surface area contributed by atoms with Crippen LogP contribution in [0.2, 0.25) is 0 Å². The molecule has 0 radical (unpaired) electrons. The van der Waals surface area contributed by atoms with E-state index in [-0.39, 0.29) is 0 Å². The van der Waals surface area contributed by atoms with Gasteiger partial charge in [0.05, 0.1) is 14.2 Å². The normalized spacial score (nSPS) is 12.4. The second kappa shape index (κ2) is 4.24. The van der Waals surface area contributed by atoms with E-state index in [1.807, 2.05) is 13.8 Å². The average molecular weight is 130 g/mol. The largest absolute Gasteiger partial charge is 0.498 e. The van der Waals surface area contributed by atoms with E-state index in [0.717, 1.165) is 17.9 Å². The standard InChI is InChI=1S/C7H14O2/c1-5-7(9-4)6(2)8-3/h5H2,1-4H3/b7-6-. The summed E-state index contributed by atoms with van der Waals surface area (Å²) in [6.45, 7) is 3.92. The van der Waals surface area contributed by atoms with E-state index in [4.69, 9.17) is 9.47 Å². The fraction of sp³-hybridized carbons (Fsp3) is 0.714. The Morgan fingerprint density at radius 1 is 1.22 bits per heavy atom. The number of allylic oxidation sites excluding steroid dienone is 2. The third-order valence-electron chi connectivity index (χ3n) is 1.27. The van der Waals surface area contributed by atoms with E-state index < -0.39 is 0 Å². The summed E-state index contributed by atoms with van der Waals surface area (Å²) in [5.74, 6) is 1.78. The fourth-order valence-corrected chi connectivity index (χ4v) is 0.651. The van der Waals surface area contributed by atoms with Crippen LogP contribution in [0.1, 0.15) is 20.3 Å². The lowest BCUT2D eigenvalue weighted by atomic mass is 10.3. The highest BCUT2D eigenvalue weighted by Gasteiger charge is 1.96. The minimum Gasteiger partial charge on any atom is -0.498 e. The van der Waals surface area contributed by atoms with Crippen molar-refractivity contribution in [3.63, 3.8) is 0 Å². The highest BCUT2D eigenvalue weighted by molar-refractivity contribution is 4.96. The first kappa shape index (κ1) is 8.34. The van der Waals surface area contributed by atoms with Gasteiger partial charge >= 0.3 is 0 Å². The monoisotopic (exact) mass is 130 g/mol. The Labute approximate surface area is 56.5 Å². The zero-order valence-corrected chi connectivity index (χ0v) is 6.52. The van der Waals surface area contributed by atoms with Gasteiger partial charge in [-0.3, -0.25) is 0 Å². The molecule has 0 spiro atoms. The lowest BCUT2D eigenvalue weighted by Gasteiger charge is -2.06. The van der Waals surface area contributed by atoms with Gasteiger partial charge < -0.3 is 9.47 Å².